The Bertz CT molecular complexity index is 713. The molecule has 6 heteroatoms. The highest BCUT2D eigenvalue weighted by Crippen LogP contribution is 2.51. The van der Waals surface area contributed by atoms with Crippen molar-refractivity contribution in [3.63, 3.8) is 0 Å². The minimum Gasteiger partial charge on any atom is -0.388 e. The van der Waals surface area contributed by atoms with Gasteiger partial charge in [-0.15, -0.1) is 0 Å². The standard InChI is InChI=1S/C16H14F2N2O2/c17-11-1-2-12(13(18)5-11)16(3-4-16)6-15-19-7-10(8-20-15)14(22)9-21/h1-2,5,7-8,21H,3-4,6,9H2. The van der Waals surface area contributed by atoms with Crippen molar-refractivity contribution < 1.29 is 18.7 Å². The highest BCUT2D eigenvalue weighted by atomic mass is 19.1. The molecule has 1 aliphatic carbocycles. The van der Waals surface area contributed by atoms with Gasteiger partial charge in [-0.3, -0.25) is 4.79 Å². The molecule has 0 saturated heterocycles. The Kier molecular flexibility index (Phi) is 3.70. The third-order valence-corrected chi connectivity index (χ3v) is 4.02. The SMILES string of the molecule is O=C(CO)c1cnc(CC2(c3ccc(F)cc3F)CC2)nc1. The summed E-state index contributed by atoms with van der Waals surface area (Å²) in [5.74, 6) is -1.10. The van der Waals surface area contributed by atoms with E-state index in [1.807, 2.05) is 0 Å². The molecule has 0 atom stereocenters. The normalized spacial score (nSPS) is 15.6. The number of aromatic nitrogens is 2. The summed E-state index contributed by atoms with van der Waals surface area (Å²) < 4.78 is 27.0. The first-order valence-electron chi connectivity index (χ1n) is 6.95. The van der Waals surface area contributed by atoms with E-state index >= 15 is 0 Å². The van der Waals surface area contributed by atoms with Crippen LogP contribution in [0.15, 0.2) is 30.6 Å². The Labute approximate surface area is 125 Å². The Hall–Kier alpha value is -2.21. The molecular weight excluding hydrogens is 290 g/mol. The van der Waals surface area contributed by atoms with E-state index in [-0.39, 0.29) is 11.0 Å². The number of hydrogen-bond acceptors (Lipinski definition) is 4. The fraction of sp³-hybridized carbons (Fsp3) is 0.312. The first-order valence-corrected chi connectivity index (χ1v) is 6.95. The van der Waals surface area contributed by atoms with Gasteiger partial charge in [0.05, 0.1) is 5.56 Å². The molecule has 0 radical (unpaired) electrons. The monoisotopic (exact) mass is 304 g/mol. The van der Waals surface area contributed by atoms with Crippen molar-refractivity contribution in [3.05, 3.63) is 59.2 Å². The van der Waals surface area contributed by atoms with Gasteiger partial charge in [-0.1, -0.05) is 6.07 Å². The predicted molar refractivity (Wildman–Crippen MR) is 74.4 cm³/mol. The van der Waals surface area contributed by atoms with Crippen molar-refractivity contribution in [2.45, 2.75) is 24.7 Å². The van der Waals surface area contributed by atoms with E-state index in [4.69, 9.17) is 5.11 Å². The molecule has 1 fully saturated rings. The van der Waals surface area contributed by atoms with Gasteiger partial charge in [0, 0.05) is 30.3 Å². The zero-order valence-electron chi connectivity index (χ0n) is 11.7. The summed E-state index contributed by atoms with van der Waals surface area (Å²) in [5, 5.41) is 8.78. The van der Waals surface area contributed by atoms with Gasteiger partial charge in [0.1, 0.15) is 24.1 Å². The molecule has 0 amide bonds. The molecule has 1 heterocycles. The minimum atomic E-state index is -0.597. The molecule has 0 bridgehead atoms. The quantitative estimate of drug-likeness (QED) is 0.860. The summed E-state index contributed by atoms with van der Waals surface area (Å²) in [5.41, 5.74) is 0.331. The lowest BCUT2D eigenvalue weighted by atomic mass is 9.91. The van der Waals surface area contributed by atoms with Gasteiger partial charge in [0.15, 0.2) is 5.78 Å². The van der Waals surface area contributed by atoms with Crippen LogP contribution in [0.3, 0.4) is 0 Å². The number of carbonyl (C=O) groups excluding carboxylic acids is 1. The second-order valence-electron chi connectivity index (χ2n) is 5.55. The maximum atomic E-state index is 14.0. The van der Waals surface area contributed by atoms with Crippen LogP contribution in [-0.4, -0.2) is 27.5 Å². The van der Waals surface area contributed by atoms with Crippen LogP contribution in [0.25, 0.3) is 0 Å². The van der Waals surface area contributed by atoms with Crippen molar-refractivity contribution in [1.82, 2.24) is 9.97 Å². The van der Waals surface area contributed by atoms with E-state index in [1.54, 1.807) is 0 Å². The summed E-state index contributed by atoms with van der Waals surface area (Å²) in [6, 6.07) is 3.61. The second-order valence-corrected chi connectivity index (χ2v) is 5.55. The number of aliphatic hydroxyl groups is 1. The number of aliphatic hydroxyl groups excluding tert-OH is 1. The summed E-state index contributed by atoms with van der Waals surface area (Å²) in [6.45, 7) is -0.590. The molecule has 0 spiro atoms. The van der Waals surface area contributed by atoms with E-state index < -0.39 is 24.0 Å². The van der Waals surface area contributed by atoms with Crippen molar-refractivity contribution in [2.75, 3.05) is 6.61 Å². The number of halogens is 2. The van der Waals surface area contributed by atoms with Crippen LogP contribution in [0.5, 0.6) is 0 Å². The lowest BCUT2D eigenvalue weighted by Crippen LogP contribution is -2.16. The Balaban J connectivity index is 1.81. The van der Waals surface area contributed by atoms with Gasteiger partial charge in [0.2, 0.25) is 0 Å². The number of benzene rings is 1. The smallest absolute Gasteiger partial charge is 0.191 e. The fourth-order valence-corrected chi connectivity index (χ4v) is 2.60. The summed E-state index contributed by atoms with van der Waals surface area (Å²) in [4.78, 5) is 19.5. The van der Waals surface area contributed by atoms with Crippen molar-refractivity contribution >= 4 is 5.78 Å². The molecule has 22 heavy (non-hydrogen) atoms. The van der Waals surface area contributed by atoms with Crippen LogP contribution < -0.4 is 0 Å². The minimum absolute atomic E-state index is 0.240. The van der Waals surface area contributed by atoms with Gasteiger partial charge >= 0.3 is 0 Å². The van der Waals surface area contributed by atoms with Crippen molar-refractivity contribution in [3.8, 4) is 0 Å². The molecule has 3 rings (SSSR count). The Morgan fingerprint density at radius 1 is 1.23 bits per heavy atom. The fourth-order valence-electron chi connectivity index (χ4n) is 2.60. The highest BCUT2D eigenvalue weighted by molar-refractivity contribution is 5.96. The molecule has 1 aromatic heterocycles. The van der Waals surface area contributed by atoms with Crippen LogP contribution in [0, 0.1) is 11.6 Å². The number of hydrogen-bond donors (Lipinski definition) is 1. The van der Waals surface area contributed by atoms with Crippen LogP contribution in [-0.2, 0) is 11.8 Å². The maximum Gasteiger partial charge on any atom is 0.191 e. The van der Waals surface area contributed by atoms with Crippen molar-refractivity contribution in [2.24, 2.45) is 0 Å². The average Bonchev–Trinajstić information content (AvgIpc) is 3.27. The molecule has 1 N–H and O–H groups in total. The topological polar surface area (TPSA) is 63.1 Å². The zero-order chi connectivity index (χ0) is 15.7. The van der Waals surface area contributed by atoms with Gasteiger partial charge in [-0.05, 0) is 24.5 Å². The molecule has 114 valence electrons. The van der Waals surface area contributed by atoms with Gasteiger partial charge in [-0.25, -0.2) is 18.7 Å². The molecule has 1 aliphatic rings. The van der Waals surface area contributed by atoms with Crippen molar-refractivity contribution in [1.29, 1.82) is 0 Å². The van der Waals surface area contributed by atoms with Crippen LogP contribution in [0.1, 0.15) is 34.6 Å². The molecule has 0 unspecified atom stereocenters. The number of nitrogens with zero attached hydrogens (tertiary/aromatic N) is 2. The lowest BCUT2D eigenvalue weighted by Gasteiger charge is -2.15. The number of rotatable bonds is 5. The second kappa shape index (κ2) is 5.53. The third kappa shape index (κ3) is 2.74. The highest BCUT2D eigenvalue weighted by Gasteiger charge is 2.46. The Morgan fingerprint density at radius 2 is 1.91 bits per heavy atom. The third-order valence-electron chi connectivity index (χ3n) is 4.02. The molecule has 4 nitrogen and oxygen atoms in total. The average molecular weight is 304 g/mol. The van der Waals surface area contributed by atoms with Gasteiger partial charge < -0.3 is 5.11 Å². The van der Waals surface area contributed by atoms with E-state index in [2.05, 4.69) is 9.97 Å². The largest absolute Gasteiger partial charge is 0.388 e. The predicted octanol–water partition coefficient (Wildman–Crippen LogP) is 2.20. The van der Waals surface area contributed by atoms with E-state index in [0.717, 1.165) is 18.9 Å². The van der Waals surface area contributed by atoms with Gasteiger partial charge in [-0.2, -0.15) is 0 Å². The summed E-state index contributed by atoms with van der Waals surface area (Å²) >= 11 is 0. The molecule has 1 saturated carbocycles. The van der Waals surface area contributed by atoms with E-state index in [9.17, 15) is 13.6 Å². The van der Waals surface area contributed by atoms with Crippen LogP contribution >= 0.6 is 0 Å². The number of ketones is 1. The lowest BCUT2D eigenvalue weighted by molar-refractivity contribution is 0.0903. The van der Waals surface area contributed by atoms with Gasteiger partial charge in [0.25, 0.3) is 0 Å². The zero-order valence-corrected chi connectivity index (χ0v) is 11.7. The van der Waals surface area contributed by atoms with E-state index in [1.165, 1.54) is 24.5 Å². The molecule has 2 aromatic rings. The molecular formula is C16H14F2N2O2. The molecule has 0 aliphatic heterocycles. The number of Topliss-reactive ketones (excluding diaryl/α,β-unsaturated/α-hetero) is 1. The van der Waals surface area contributed by atoms with Crippen LogP contribution in [0.4, 0.5) is 8.78 Å². The summed E-state index contributed by atoms with van der Waals surface area (Å²) in [7, 11) is 0. The Morgan fingerprint density at radius 3 is 2.45 bits per heavy atom. The number of carbonyl (C=O) groups is 1. The maximum absolute atomic E-state index is 14.0. The first-order chi connectivity index (χ1) is 10.5. The summed E-state index contributed by atoms with van der Waals surface area (Å²) in [6.07, 6.45) is 4.73. The molecule has 1 aromatic carbocycles. The first kappa shape index (κ1) is 14.7. The van der Waals surface area contributed by atoms with E-state index in [0.29, 0.717) is 17.8 Å². The van der Waals surface area contributed by atoms with Crippen LogP contribution in [0.2, 0.25) is 0 Å².